The Balaban J connectivity index is 2.83. The Kier molecular flexibility index (Phi) is 4.03. The van der Waals surface area contributed by atoms with Gasteiger partial charge in [0.2, 0.25) is 0 Å². The smallest absolute Gasteiger partial charge is 0.184 e. The number of nitrogens with two attached hydrogens (primary N) is 1. The fraction of sp³-hybridized carbons (Fsp3) is 0.111. The van der Waals surface area contributed by atoms with E-state index in [1.54, 1.807) is 0 Å². The Bertz CT molecular complexity index is 376. The molecule has 0 amide bonds. The molecule has 3 nitrogen and oxygen atoms in total. The number of hydrogen-bond acceptors (Lipinski definition) is 2. The molecule has 1 rings (SSSR count). The van der Waals surface area contributed by atoms with E-state index in [2.05, 4.69) is 38.7 Å². The predicted molar refractivity (Wildman–Crippen MR) is 66.3 cm³/mol. The second kappa shape index (κ2) is 5.07. The van der Waals surface area contributed by atoms with Gasteiger partial charge >= 0.3 is 0 Å². The molecule has 3 N–H and O–H groups in total. The molecule has 0 aromatic heterocycles. The van der Waals surface area contributed by atoms with Gasteiger partial charge in [0.15, 0.2) is 5.11 Å². The van der Waals surface area contributed by atoms with E-state index in [1.807, 2.05) is 31.2 Å². The zero-order valence-corrected chi connectivity index (χ0v) is 10.0. The molecule has 0 saturated heterocycles. The van der Waals surface area contributed by atoms with E-state index in [4.69, 9.17) is 5.73 Å². The number of hydrazone groups is 1. The molecule has 0 spiro atoms. The Labute approximate surface area is 96.5 Å². The van der Waals surface area contributed by atoms with Gasteiger partial charge in [-0.3, -0.25) is 5.43 Å². The van der Waals surface area contributed by atoms with Crippen LogP contribution in [0, 0.1) is 0 Å². The van der Waals surface area contributed by atoms with Crippen molar-refractivity contribution in [2.45, 2.75) is 6.92 Å². The zero-order chi connectivity index (χ0) is 10.6. The third-order valence-electron chi connectivity index (χ3n) is 1.58. The first-order chi connectivity index (χ1) is 6.59. The van der Waals surface area contributed by atoms with Gasteiger partial charge in [-0.05, 0) is 36.8 Å². The van der Waals surface area contributed by atoms with Gasteiger partial charge in [-0.1, -0.05) is 28.1 Å². The maximum absolute atomic E-state index is 5.25. The lowest BCUT2D eigenvalue weighted by atomic mass is 10.1. The third-order valence-corrected chi connectivity index (χ3v) is 2.16. The topological polar surface area (TPSA) is 50.4 Å². The molecule has 0 heterocycles. The Hall–Kier alpha value is -0.940. The minimum Gasteiger partial charge on any atom is -0.375 e. The van der Waals surface area contributed by atoms with Crippen LogP contribution in [0.4, 0.5) is 0 Å². The predicted octanol–water partition coefficient (Wildman–Crippen LogP) is 2.01. The highest BCUT2D eigenvalue weighted by molar-refractivity contribution is 9.10. The van der Waals surface area contributed by atoms with Crippen molar-refractivity contribution < 1.29 is 0 Å². The molecule has 5 heteroatoms. The molecule has 14 heavy (non-hydrogen) atoms. The summed E-state index contributed by atoms with van der Waals surface area (Å²) >= 11 is 8.02. The summed E-state index contributed by atoms with van der Waals surface area (Å²) in [6.45, 7) is 1.88. The molecular formula is C9H10BrN3S. The molecule has 0 saturated carbocycles. The SMILES string of the molecule is C/C(=N/NC(N)=S)c1cccc(Br)c1. The van der Waals surface area contributed by atoms with E-state index in [9.17, 15) is 0 Å². The largest absolute Gasteiger partial charge is 0.375 e. The van der Waals surface area contributed by atoms with E-state index in [1.165, 1.54) is 0 Å². The standard InChI is InChI=1S/C9H10BrN3S/c1-6(12-13-9(11)14)7-3-2-4-8(10)5-7/h2-5H,1H3,(H3,11,13,14)/b12-6-. The monoisotopic (exact) mass is 271 g/mol. The van der Waals surface area contributed by atoms with Gasteiger partial charge in [0.05, 0.1) is 5.71 Å². The van der Waals surface area contributed by atoms with Crippen molar-refractivity contribution in [1.29, 1.82) is 0 Å². The minimum atomic E-state index is 0.166. The van der Waals surface area contributed by atoms with Crippen molar-refractivity contribution in [2.75, 3.05) is 0 Å². The summed E-state index contributed by atoms with van der Waals surface area (Å²) in [5.41, 5.74) is 9.65. The van der Waals surface area contributed by atoms with E-state index < -0.39 is 0 Å². The molecule has 0 fully saturated rings. The normalized spacial score (nSPS) is 11.1. The number of halogens is 1. The highest BCUT2D eigenvalue weighted by Crippen LogP contribution is 2.12. The molecule has 0 aliphatic heterocycles. The molecule has 0 aliphatic rings. The van der Waals surface area contributed by atoms with Crippen molar-refractivity contribution in [3.63, 3.8) is 0 Å². The van der Waals surface area contributed by atoms with Crippen LogP contribution in [0.3, 0.4) is 0 Å². The lowest BCUT2D eigenvalue weighted by Crippen LogP contribution is -2.25. The van der Waals surface area contributed by atoms with Crippen LogP contribution < -0.4 is 11.2 Å². The number of benzene rings is 1. The second-order valence-electron chi connectivity index (χ2n) is 2.68. The third kappa shape index (κ3) is 3.43. The molecule has 1 aromatic rings. The van der Waals surface area contributed by atoms with Crippen molar-refractivity contribution >= 4 is 39.0 Å². The molecule has 0 radical (unpaired) electrons. The first-order valence-electron chi connectivity index (χ1n) is 3.95. The quantitative estimate of drug-likeness (QED) is 0.492. The van der Waals surface area contributed by atoms with Gasteiger partial charge in [-0.25, -0.2) is 0 Å². The lowest BCUT2D eigenvalue weighted by molar-refractivity contribution is 1.03. The van der Waals surface area contributed by atoms with Crippen molar-refractivity contribution in [1.82, 2.24) is 5.43 Å². The fourth-order valence-electron chi connectivity index (χ4n) is 0.917. The highest BCUT2D eigenvalue weighted by atomic mass is 79.9. The molecule has 0 bridgehead atoms. The van der Waals surface area contributed by atoms with Gasteiger partial charge in [-0.15, -0.1) is 0 Å². The summed E-state index contributed by atoms with van der Waals surface area (Å²) in [6, 6.07) is 7.84. The van der Waals surface area contributed by atoms with Gasteiger partial charge in [0.25, 0.3) is 0 Å². The van der Waals surface area contributed by atoms with E-state index in [0.29, 0.717) is 0 Å². The van der Waals surface area contributed by atoms with Crippen LogP contribution in [0.5, 0.6) is 0 Å². The second-order valence-corrected chi connectivity index (χ2v) is 4.04. The lowest BCUT2D eigenvalue weighted by Gasteiger charge is -2.01. The Morgan fingerprint density at radius 2 is 2.29 bits per heavy atom. The molecular weight excluding hydrogens is 262 g/mol. The van der Waals surface area contributed by atoms with Crippen LogP contribution in [0.2, 0.25) is 0 Å². The van der Waals surface area contributed by atoms with Crippen LogP contribution in [0.1, 0.15) is 12.5 Å². The van der Waals surface area contributed by atoms with Crippen LogP contribution in [-0.4, -0.2) is 10.8 Å². The maximum Gasteiger partial charge on any atom is 0.184 e. The van der Waals surface area contributed by atoms with Gasteiger partial charge in [0.1, 0.15) is 0 Å². The maximum atomic E-state index is 5.25. The number of nitrogens with one attached hydrogen (secondary N) is 1. The van der Waals surface area contributed by atoms with Gasteiger partial charge < -0.3 is 5.73 Å². The van der Waals surface area contributed by atoms with E-state index in [-0.39, 0.29) is 5.11 Å². The molecule has 0 atom stereocenters. The number of hydrogen-bond donors (Lipinski definition) is 2. The molecule has 0 unspecified atom stereocenters. The van der Waals surface area contributed by atoms with Gasteiger partial charge in [-0.2, -0.15) is 5.10 Å². The summed E-state index contributed by atoms with van der Waals surface area (Å²) < 4.78 is 1.01. The molecule has 0 aliphatic carbocycles. The fourth-order valence-corrected chi connectivity index (χ4v) is 1.36. The number of thiocarbonyl (C=S) groups is 1. The summed E-state index contributed by atoms with van der Waals surface area (Å²) in [5.74, 6) is 0. The molecule has 1 aromatic carbocycles. The number of nitrogens with zero attached hydrogens (tertiary/aromatic N) is 1. The highest BCUT2D eigenvalue weighted by Gasteiger charge is 1.97. The van der Waals surface area contributed by atoms with Gasteiger partial charge in [0, 0.05) is 4.47 Å². The molecule has 74 valence electrons. The van der Waals surface area contributed by atoms with Crippen LogP contribution in [0.25, 0.3) is 0 Å². The van der Waals surface area contributed by atoms with Crippen LogP contribution in [-0.2, 0) is 0 Å². The summed E-state index contributed by atoms with van der Waals surface area (Å²) in [6.07, 6.45) is 0. The minimum absolute atomic E-state index is 0.166. The van der Waals surface area contributed by atoms with Crippen molar-refractivity contribution in [2.24, 2.45) is 10.8 Å². The number of rotatable bonds is 2. The zero-order valence-electron chi connectivity index (χ0n) is 7.62. The average molecular weight is 272 g/mol. The Morgan fingerprint density at radius 1 is 1.57 bits per heavy atom. The average Bonchev–Trinajstić information content (AvgIpc) is 2.14. The first-order valence-corrected chi connectivity index (χ1v) is 5.15. The van der Waals surface area contributed by atoms with Crippen molar-refractivity contribution in [3.05, 3.63) is 34.3 Å². The van der Waals surface area contributed by atoms with Crippen LogP contribution >= 0.6 is 28.1 Å². The van der Waals surface area contributed by atoms with Crippen molar-refractivity contribution in [3.8, 4) is 0 Å². The summed E-state index contributed by atoms with van der Waals surface area (Å²) in [5, 5.41) is 4.18. The first kappa shape index (κ1) is 11.1. The van der Waals surface area contributed by atoms with E-state index in [0.717, 1.165) is 15.7 Å². The Morgan fingerprint density at radius 3 is 2.86 bits per heavy atom. The van der Waals surface area contributed by atoms with Crippen LogP contribution in [0.15, 0.2) is 33.8 Å². The summed E-state index contributed by atoms with van der Waals surface area (Å²) in [7, 11) is 0. The summed E-state index contributed by atoms with van der Waals surface area (Å²) in [4.78, 5) is 0. The van der Waals surface area contributed by atoms with E-state index >= 15 is 0 Å².